The first-order valence-electron chi connectivity index (χ1n) is 11.9. The van der Waals surface area contributed by atoms with Gasteiger partial charge in [0, 0.05) is 31.6 Å². The van der Waals surface area contributed by atoms with Crippen LogP contribution in [0.5, 0.6) is 5.75 Å². The van der Waals surface area contributed by atoms with Gasteiger partial charge in [-0.3, -0.25) is 14.9 Å². The molecule has 7 heteroatoms. The fraction of sp³-hybridized carbons (Fsp3) is 0.250. The van der Waals surface area contributed by atoms with Crippen molar-refractivity contribution >= 4 is 23.5 Å². The molecule has 2 aliphatic rings. The van der Waals surface area contributed by atoms with E-state index in [1.807, 2.05) is 88.7 Å². The van der Waals surface area contributed by atoms with Gasteiger partial charge in [0.1, 0.15) is 12.3 Å². The third-order valence-corrected chi connectivity index (χ3v) is 6.11. The SMILES string of the molecule is O=C1CN2Cc3cc(OCCCC(=O)N(Cc4ccccc4)Cc4ccccc4)ccc3N=C2N1. The molecule has 1 fully saturated rings. The van der Waals surface area contributed by atoms with Crippen LogP contribution in [-0.4, -0.2) is 40.7 Å². The van der Waals surface area contributed by atoms with E-state index < -0.39 is 0 Å². The maximum absolute atomic E-state index is 13.1. The highest BCUT2D eigenvalue weighted by molar-refractivity contribution is 6.05. The summed E-state index contributed by atoms with van der Waals surface area (Å²) in [6.45, 7) is 2.56. The van der Waals surface area contributed by atoms with E-state index in [0.29, 0.717) is 51.6 Å². The van der Waals surface area contributed by atoms with Crippen LogP contribution in [0.15, 0.2) is 83.9 Å². The molecule has 0 aliphatic carbocycles. The van der Waals surface area contributed by atoms with Crippen LogP contribution in [-0.2, 0) is 29.2 Å². The van der Waals surface area contributed by atoms with Gasteiger partial charge in [0.25, 0.3) is 0 Å². The molecule has 0 unspecified atom stereocenters. The molecular formula is C28H28N4O3. The predicted molar refractivity (Wildman–Crippen MR) is 134 cm³/mol. The number of nitrogens with zero attached hydrogens (tertiary/aromatic N) is 3. The van der Waals surface area contributed by atoms with Crippen molar-refractivity contribution in [3.05, 3.63) is 95.6 Å². The summed E-state index contributed by atoms with van der Waals surface area (Å²) in [5, 5.41) is 2.77. The molecule has 0 aromatic heterocycles. The lowest BCUT2D eigenvalue weighted by Crippen LogP contribution is -2.32. The second-order valence-electron chi connectivity index (χ2n) is 8.80. The van der Waals surface area contributed by atoms with Gasteiger partial charge in [-0.15, -0.1) is 0 Å². The van der Waals surface area contributed by atoms with E-state index in [4.69, 9.17) is 4.74 Å². The summed E-state index contributed by atoms with van der Waals surface area (Å²) in [5.41, 5.74) is 4.10. The van der Waals surface area contributed by atoms with Gasteiger partial charge in [0.2, 0.25) is 17.8 Å². The molecule has 0 atom stereocenters. The number of carbonyl (C=O) groups excluding carboxylic acids is 2. The Balaban J connectivity index is 1.15. The molecule has 0 radical (unpaired) electrons. The lowest BCUT2D eigenvalue weighted by atomic mass is 10.1. The fourth-order valence-corrected chi connectivity index (χ4v) is 4.34. The number of hydrogen-bond donors (Lipinski definition) is 1. The molecule has 7 nitrogen and oxygen atoms in total. The van der Waals surface area contributed by atoms with Crippen molar-refractivity contribution in [2.24, 2.45) is 4.99 Å². The van der Waals surface area contributed by atoms with Crippen LogP contribution in [0.25, 0.3) is 0 Å². The fourth-order valence-electron chi connectivity index (χ4n) is 4.34. The number of amides is 2. The molecule has 178 valence electrons. The number of hydrogen-bond acceptors (Lipinski definition) is 5. The lowest BCUT2D eigenvalue weighted by Gasteiger charge is -2.24. The summed E-state index contributed by atoms with van der Waals surface area (Å²) >= 11 is 0. The maximum atomic E-state index is 13.1. The van der Waals surface area contributed by atoms with Crippen molar-refractivity contribution in [3.63, 3.8) is 0 Å². The Morgan fingerprint density at radius 2 is 1.63 bits per heavy atom. The van der Waals surface area contributed by atoms with Crippen molar-refractivity contribution in [2.45, 2.75) is 32.5 Å². The Morgan fingerprint density at radius 3 is 2.31 bits per heavy atom. The first kappa shape index (κ1) is 22.7. The second kappa shape index (κ2) is 10.4. The summed E-state index contributed by atoms with van der Waals surface area (Å²) in [5.74, 6) is 1.44. The first-order valence-corrected chi connectivity index (χ1v) is 11.9. The van der Waals surface area contributed by atoms with Crippen molar-refractivity contribution < 1.29 is 14.3 Å². The molecule has 5 rings (SSSR count). The van der Waals surface area contributed by atoms with Crippen molar-refractivity contribution in [2.75, 3.05) is 13.2 Å². The van der Waals surface area contributed by atoms with E-state index in [-0.39, 0.29) is 11.8 Å². The van der Waals surface area contributed by atoms with Crippen LogP contribution in [0, 0.1) is 0 Å². The van der Waals surface area contributed by atoms with Crippen LogP contribution in [0.3, 0.4) is 0 Å². The zero-order valence-corrected chi connectivity index (χ0v) is 19.5. The third-order valence-electron chi connectivity index (χ3n) is 6.11. The Hall–Kier alpha value is -4.13. The normalized spacial score (nSPS) is 14.0. The average molecular weight is 469 g/mol. The van der Waals surface area contributed by atoms with Gasteiger partial charge in [-0.05, 0) is 35.7 Å². The largest absolute Gasteiger partial charge is 0.494 e. The highest BCUT2D eigenvalue weighted by Crippen LogP contribution is 2.30. The van der Waals surface area contributed by atoms with Gasteiger partial charge in [0.05, 0.1) is 12.3 Å². The number of fused-ring (bicyclic) bond motifs is 2. The Labute approximate surface area is 205 Å². The lowest BCUT2D eigenvalue weighted by molar-refractivity contribution is -0.132. The first-order chi connectivity index (χ1) is 17.1. The minimum absolute atomic E-state index is 0.0359. The quantitative estimate of drug-likeness (QED) is 0.482. The van der Waals surface area contributed by atoms with Crippen LogP contribution in [0.1, 0.15) is 29.5 Å². The maximum Gasteiger partial charge on any atom is 0.246 e. The molecule has 3 aromatic carbocycles. The summed E-state index contributed by atoms with van der Waals surface area (Å²) in [4.78, 5) is 33.1. The molecule has 0 saturated carbocycles. The number of nitrogens with one attached hydrogen (secondary N) is 1. The van der Waals surface area contributed by atoms with Crippen LogP contribution < -0.4 is 10.1 Å². The zero-order chi connectivity index (χ0) is 24.0. The highest BCUT2D eigenvalue weighted by Gasteiger charge is 2.29. The van der Waals surface area contributed by atoms with E-state index >= 15 is 0 Å². The molecule has 0 spiro atoms. The second-order valence-corrected chi connectivity index (χ2v) is 8.80. The Kier molecular flexibility index (Phi) is 6.75. The molecule has 2 aliphatic heterocycles. The predicted octanol–water partition coefficient (Wildman–Crippen LogP) is 4.01. The van der Waals surface area contributed by atoms with E-state index in [1.54, 1.807) is 0 Å². The molecule has 0 bridgehead atoms. The highest BCUT2D eigenvalue weighted by atomic mass is 16.5. The van der Waals surface area contributed by atoms with Crippen LogP contribution in [0.2, 0.25) is 0 Å². The number of rotatable bonds is 9. The van der Waals surface area contributed by atoms with Crippen LogP contribution in [0.4, 0.5) is 5.69 Å². The van der Waals surface area contributed by atoms with Crippen LogP contribution >= 0.6 is 0 Å². The monoisotopic (exact) mass is 468 g/mol. The number of aliphatic imine (C=N–C) groups is 1. The number of ether oxygens (including phenoxy) is 1. The zero-order valence-electron chi connectivity index (χ0n) is 19.5. The molecule has 35 heavy (non-hydrogen) atoms. The molecular weight excluding hydrogens is 440 g/mol. The summed E-state index contributed by atoms with van der Waals surface area (Å²) in [6.07, 6.45) is 1.04. The van der Waals surface area contributed by atoms with Crippen molar-refractivity contribution in [3.8, 4) is 5.75 Å². The summed E-state index contributed by atoms with van der Waals surface area (Å²) < 4.78 is 5.95. The van der Waals surface area contributed by atoms with Gasteiger partial charge < -0.3 is 14.5 Å². The topological polar surface area (TPSA) is 74.2 Å². The van der Waals surface area contributed by atoms with E-state index in [0.717, 1.165) is 28.1 Å². The molecule has 1 saturated heterocycles. The van der Waals surface area contributed by atoms with Gasteiger partial charge in [-0.25, -0.2) is 4.99 Å². The average Bonchev–Trinajstić information content (AvgIpc) is 3.24. The summed E-state index contributed by atoms with van der Waals surface area (Å²) in [7, 11) is 0. The summed E-state index contributed by atoms with van der Waals surface area (Å²) in [6, 6.07) is 25.9. The van der Waals surface area contributed by atoms with E-state index in [9.17, 15) is 9.59 Å². The molecule has 3 aromatic rings. The van der Waals surface area contributed by atoms with Gasteiger partial charge in [-0.2, -0.15) is 0 Å². The van der Waals surface area contributed by atoms with Crippen molar-refractivity contribution in [1.29, 1.82) is 0 Å². The Bertz CT molecular complexity index is 1190. The Morgan fingerprint density at radius 1 is 0.943 bits per heavy atom. The number of carbonyl (C=O) groups is 2. The minimum atomic E-state index is -0.0359. The smallest absolute Gasteiger partial charge is 0.246 e. The molecule has 2 amide bonds. The van der Waals surface area contributed by atoms with Gasteiger partial charge >= 0.3 is 0 Å². The minimum Gasteiger partial charge on any atom is -0.494 e. The third kappa shape index (κ3) is 5.69. The number of benzene rings is 3. The molecule has 1 N–H and O–H groups in total. The van der Waals surface area contributed by atoms with Crippen molar-refractivity contribution in [1.82, 2.24) is 15.1 Å². The van der Waals surface area contributed by atoms with Gasteiger partial charge in [0.15, 0.2) is 0 Å². The van der Waals surface area contributed by atoms with E-state index in [2.05, 4.69) is 10.3 Å². The molecule has 2 heterocycles. The van der Waals surface area contributed by atoms with E-state index in [1.165, 1.54) is 0 Å². The van der Waals surface area contributed by atoms with Gasteiger partial charge in [-0.1, -0.05) is 60.7 Å². The number of guanidine groups is 1. The standard InChI is InChI=1S/C28H28N4O3/c33-26-20-32-19-23-16-24(13-14-25(23)29-28(32)30-26)35-15-7-12-27(34)31(17-21-8-3-1-4-9-21)18-22-10-5-2-6-11-22/h1-6,8-11,13-14,16H,7,12,15,17-20H2,(H,29,30,33).